The molecule has 0 spiro atoms. The van der Waals surface area contributed by atoms with Crippen molar-refractivity contribution in [3.63, 3.8) is 0 Å². The number of aliphatic hydroxyl groups excluding tert-OH is 3. The van der Waals surface area contributed by atoms with Crippen LogP contribution < -0.4 is 0 Å². The molecule has 1 aliphatic heterocycles. The van der Waals surface area contributed by atoms with Gasteiger partial charge in [0, 0.05) is 16.6 Å². The lowest BCUT2D eigenvalue weighted by Gasteiger charge is -2.22. The minimum absolute atomic E-state index is 0.512. The first kappa shape index (κ1) is 18.3. The van der Waals surface area contributed by atoms with E-state index in [9.17, 15) is 15.3 Å². The summed E-state index contributed by atoms with van der Waals surface area (Å²) in [7, 11) is 0. The predicted molar refractivity (Wildman–Crippen MR) is 99.3 cm³/mol. The van der Waals surface area contributed by atoms with Gasteiger partial charge in [0.25, 0.3) is 0 Å². The van der Waals surface area contributed by atoms with Gasteiger partial charge in [-0.05, 0) is 37.1 Å². The molecule has 1 fully saturated rings. The van der Waals surface area contributed by atoms with Crippen molar-refractivity contribution in [2.45, 2.75) is 44.5 Å². The molecule has 5 unspecified atom stereocenters. The Morgan fingerprint density at radius 2 is 1.93 bits per heavy atom. The van der Waals surface area contributed by atoms with Crippen molar-refractivity contribution in [2.24, 2.45) is 0 Å². The number of aromatic nitrogens is 3. The molecule has 0 radical (unpaired) electrons. The highest BCUT2D eigenvalue weighted by atomic mass is 35.5. The monoisotopic (exact) mass is 389 g/mol. The molecule has 0 aliphatic carbocycles. The second-order valence-corrected chi connectivity index (χ2v) is 7.25. The van der Waals surface area contributed by atoms with E-state index >= 15 is 0 Å². The van der Waals surface area contributed by atoms with Crippen LogP contribution in [0.15, 0.2) is 36.8 Å². The summed E-state index contributed by atoms with van der Waals surface area (Å²) in [6.07, 6.45) is -2.37. The van der Waals surface area contributed by atoms with Gasteiger partial charge in [0.05, 0.1) is 5.69 Å². The first-order valence-electron chi connectivity index (χ1n) is 8.62. The summed E-state index contributed by atoms with van der Waals surface area (Å²) in [5.74, 6) is 0. The van der Waals surface area contributed by atoms with E-state index < -0.39 is 30.6 Å². The molecular weight excluding hydrogens is 370 g/mol. The van der Waals surface area contributed by atoms with E-state index in [2.05, 4.69) is 9.97 Å². The minimum atomic E-state index is -1.27. The number of aliphatic hydroxyl groups is 3. The fraction of sp³-hybridized carbons (Fsp3) is 0.368. The molecule has 3 N–H and O–H groups in total. The molecule has 1 saturated heterocycles. The summed E-state index contributed by atoms with van der Waals surface area (Å²) in [5, 5.41) is 33.1. The zero-order valence-corrected chi connectivity index (χ0v) is 15.6. The Balaban J connectivity index is 1.66. The molecular formula is C19H20ClN3O4. The molecule has 5 atom stereocenters. The maximum Gasteiger partial charge on any atom is 0.164 e. The van der Waals surface area contributed by atoms with Crippen LogP contribution in [0.3, 0.4) is 0 Å². The Morgan fingerprint density at radius 3 is 2.67 bits per heavy atom. The number of halogens is 1. The molecule has 0 amide bonds. The van der Waals surface area contributed by atoms with Gasteiger partial charge in [0.15, 0.2) is 6.23 Å². The lowest BCUT2D eigenvalue weighted by molar-refractivity contribution is -0.0848. The quantitative estimate of drug-likeness (QED) is 0.634. The molecule has 3 aromatic rings. The Bertz CT molecular complexity index is 992. The molecule has 8 heteroatoms. The largest absolute Gasteiger partial charge is 0.387 e. The van der Waals surface area contributed by atoms with Gasteiger partial charge in [-0.1, -0.05) is 23.7 Å². The molecule has 4 rings (SSSR count). The number of rotatable bonds is 3. The van der Waals surface area contributed by atoms with Gasteiger partial charge >= 0.3 is 0 Å². The lowest BCUT2D eigenvalue weighted by atomic mass is 9.98. The molecule has 0 bridgehead atoms. The minimum Gasteiger partial charge on any atom is -0.387 e. The molecule has 27 heavy (non-hydrogen) atoms. The summed E-state index contributed by atoms with van der Waals surface area (Å²) in [6.45, 7) is 3.73. The van der Waals surface area contributed by atoms with Crippen molar-refractivity contribution >= 4 is 22.6 Å². The van der Waals surface area contributed by atoms with Gasteiger partial charge in [-0.3, -0.25) is 0 Å². The Labute approximate surface area is 160 Å². The van der Waals surface area contributed by atoms with E-state index in [1.165, 1.54) is 6.33 Å². The topological polar surface area (TPSA) is 101 Å². The number of nitrogens with zero attached hydrogens (tertiary/aromatic N) is 3. The average Bonchev–Trinajstić information content (AvgIpc) is 3.20. The molecule has 3 heterocycles. The van der Waals surface area contributed by atoms with Gasteiger partial charge in [-0.2, -0.15) is 0 Å². The Kier molecular flexibility index (Phi) is 4.65. The van der Waals surface area contributed by atoms with E-state index in [0.717, 1.165) is 16.6 Å². The van der Waals surface area contributed by atoms with Crippen LogP contribution in [0, 0.1) is 13.8 Å². The summed E-state index contributed by atoms with van der Waals surface area (Å²) in [6, 6.07) is 6.98. The highest BCUT2D eigenvalue weighted by molar-refractivity contribution is 6.31. The van der Waals surface area contributed by atoms with E-state index in [1.807, 2.05) is 19.9 Å². The number of ether oxygens (including phenoxy) is 1. The van der Waals surface area contributed by atoms with Crippen molar-refractivity contribution < 1.29 is 20.1 Å². The number of hydrogen-bond donors (Lipinski definition) is 3. The number of hydrogen-bond acceptors (Lipinski definition) is 6. The standard InChI is InChI=1S/C19H20ClN3O4/c1-9-3-4-11(7-13(9)20)14(24)17-15(25)16(26)19(27-17)23-6-5-12-10(2)21-8-22-18(12)23/h3-8,14-17,19,24-26H,1-2H3. The van der Waals surface area contributed by atoms with E-state index in [-0.39, 0.29) is 0 Å². The molecule has 142 valence electrons. The third-order valence-corrected chi connectivity index (χ3v) is 5.51. The maximum atomic E-state index is 10.7. The number of aryl methyl sites for hydroxylation is 2. The predicted octanol–water partition coefficient (Wildman–Crippen LogP) is 2.05. The second kappa shape index (κ2) is 6.85. The smallest absolute Gasteiger partial charge is 0.164 e. The van der Waals surface area contributed by atoms with Crippen LogP contribution in [0.2, 0.25) is 5.02 Å². The van der Waals surface area contributed by atoms with E-state index in [4.69, 9.17) is 16.3 Å². The summed E-state index contributed by atoms with van der Waals surface area (Å²) >= 11 is 6.14. The SMILES string of the molecule is Cc1ccc(C(O)C2OC(n3ccc4c(C)ncnc43)C(O)C2O)cc1Cl. The van der Waals surface area contributed by atoms with Crippen LogP contribution in [0.1, 0.15) is 29.2 Å². The second-order valence-electron chi connectivity index (χ2n) is 6.85. The number of fused-ring (bicyclic) bond motifs is 1. The van der Waals surface area contributed by atoms with Gasteiger partial charge in [-0.25, -0.2) is 9.97 Å². The molecule has 7 nitrogen and oxygen atoms in total. The number of benzene rings is 1. The zero-order chi connectivity index (χ0) is 19.3. The molecule has 0 saturated carbocycles. The van der Waals surface area contributed by atoms with Crippen LogP contribution in [0.25, 0.3) is 11.0 Å². The van der Waals surface area contributed by atoms with Gasteiger partial charge in [0.2, 0.25) is 0 Å². The fourth-order valence-corrected chi connectivity index (χ4v) is 3.65. The fourth-order valence-electron chi connectivity index (χ4n) is 3.46. The highest BCUT2D eigenvalue weighted by Gasteiger charge is 2.47. The highest BCUT2D eigenvalue weighted by Crippen LogP contribution is 2.38. The van der Waals surface area contributed by atoms with Crippen LogP contribution in [-0.2, 0) is 4.74 Å². The molecule has 1 aliphatic rings. The third kappa shape index (κ3) is 3.01. The van der Waals surface area contributed by atoms with Gasteiger partial charge in [0.1, 0.15) is 36.4 Å². The van der Waals surface area contributed by atoms with Crippen LogP contribution in [0.4, 0.5) is 0 Å². The maximum absolute atomic E-state index is 10.7. The first-order valence-corrected chi connectivity index (χ1v) is 9.00. The summed E-state index contributed by atoms with van der Waals surface area (Å²) in [4.78, 5) is 8.40. The van der Waals surface area contributed by atoms with Crippen molar-refractivity contribution in [2.75, 3.05) is 0 Å². The van der Waals surface area contributed by atoms with Crippen LogP contribution >= 0.6 is 11.6 Å². The van der Waals surface area contributed by atoms with E-state index in [0.29, 0.717) is 16.2 Å². The van der Waals surface area contributed by atoms with E-state index in [1.54, 1.807) is 29.0 Å². The first-order chi connectivity index (χ1) is 12.9. The van der Waals surface area contributed by atoms with Crippen LogP contribution in [-0.4, -0.2) is 48.2 Å². The summed E-state index contributed by atoms with van der Waals surface area (Å²) in [5.41, 5.74) is 2.79. The van der Waals surface area contributed by atoms with Crippen molar-refractivity contribution in [3.05, 3.63) is 58.6 Å². The zero-order valence-electron chi connectivity index (χ0n) is 14.8. The van der Waals surface area contributed by atoms with Gasteiger partial charge < -0.3 is 24.6 Å². The summed E-state index contributed by atoms with van der Waals surface area (Å²) < 4.78 is 7.52. The lowest BCUT2D eigenvalue weighted by Crippen LogP contribution is -2.34. The average molecular weight is 390 g/mol. The van der Waals surface area contributed by atoms with Crippen LogP contribution in [0.5, 0.6) is 0 Å². The Morgan fingerprint density at radius 1 is 1.15 bits per heavy atom. The molecule has 2 aromatic heterocycles. The van der Waals surface area contributed by atoms with Crippen molar-refractivity contribution in [1.29, 1.82) is 0 Å². The Hall–Kier alpha value is -2.03. The van der Waals surface area contributed by atoms with Gasteiger partial charge in [-0.15, -0.1) is 0 Å². The normalized spacial score (nSPS) is 26.6. The molecule has 1 aromatic carbocycles. The van der Waals surface area contributed by atoms with Crippen molar-refractivity contribution in [3.8, 4) is 0 Å². The third-order valence-electron chi connectivity index (χ3n) is 5.11. The van der Waals surface area contributed by atoms with Crippen molar-refractivity contribution in [1.82, 2.24) is 14.5 Å².